The van der Waals surface area contributed by atoms with E-state index in [-0.39, 0.29) is 60.0 Å². The van der Waals surface area contributed by atoms with Crippen molar-refractivity contribution in [2.45, 2.75) is 26.1 Å². The molecular weight excluding hydrogens is 683 g/mol. The molecule has 50 heavy (non-hydrogen) atoms. The van der Waals surface area contributed by atoms with Gasteiger partial charge in [0.05, 0.1) is 37.1 Å². The number of furan rings is 1. The fraction of sp³-hybridized carbons (Fsp3) is 0.189. The smallest absolute Gasteiger partial charge is 0.506 e. The molecule has 0 saturated heterocycles. The number of hydrogen-bond acceptors (Lipinski definition) is 9. The number of aromatic hydroxyl groups is 1. The van der Waals surface area contributed by atoms with E-state index in [4.69, 9.17) is 34.3 Å². The lowest BCUT2D eigenvalue weighted by molar-refractivity contribution is 0.0602. The molecule has 0 aliphatic carbocycles. The normalized spacial score (nSPS) is 14.3. The lowest BCUT2D eigenvalue weighted by atomic mass is 9.95. The Morgan fingerprint density at radius 3 is 2.26 bits per heavy atom. The number of fused-ring (bicyclic) bond motifs is 4. The van der Waals surface area contributed by atoms with Crippen LogP contribution in [-0.2, 0) is 31.6 Å². The van der Waals surface area contributed by atoms with E-state index in [2.05, 4.69) is 4.98 Å². The average Bonchev–Trinajstić information content (AvgIpc) is 3.84. The molecule has 3 heterocycles. The first-order valence-corrected chi connectivity index (χ1v) is 17.7. The van der Waals surface area contributed by atoms with Crippen LogP contribution in [0, 0.1) is 6.92 Å². The van der Waals surface area contributed by atoms with Crippen molar-refractivity contribution in [3.8, 4) is 11.5 Å². The van der Waals surface area contributed by atoms with Gasteiger partial charge in [0.25, 0.3) is 5.91 Å². The highest BCUT2D eigenvalue weighted by molar-refractivity contribution is 7.48. The molecular formula is C37H32ClN2O9P. The quantitative estimate of drug-likeness (QED) is 0.0767. The summed E-state index contributed by atoms with van der Waals surface area (Å²) in [6, 6.07) is 26.4. The molecule has 1 aliphatic heterocycles. The van der Waals surface area contributed by atoms with Crippen LogP contribution in [0.5, 0.6) is 11.5 Å². The molecule has 4 aromatic carbocycles. The molecule has 2 N–H and O–H groups in total. The highest BCUT2D eigenvalue weighted by Crippen LogP contribution is 2.53. The zero-order valence-electron chi connectivity index (χ0n) is 27.1. The standard InChI is InChI=1S/C37H32ClN2O9P/c1-22-31(37(43)45-2)33-32-26(18-38)19-40(27(32)17-28(41)34(33)39-22)36(42)30-16-25-14-9-15-29(35(25)48-30)49-50(44,46-20-23-10-5-3-6-11-23)47-21-24-12-7-4-8-13-24/h3-17,26,39,41H,18-21H2,1-2H3/t26-/m1/s1. The van der Waals surface area contributed by atoms with Gasteiger partial charge in [-0.05, 0) is 35.7 Å². The van der Waals surface area contributed by atoms with Gasteiger partial charge >= 0.3 is 13.8 Å². The van der Waals surface area contributed by atoms with Crippen LogP contribution in [0.2, 0.25) is 0 Å². The van der Waals surface area contributed by atoms with Crippen LogP contribution in [0.4, 0.5) is 5.69 Å². The third-order valence-electron chi connectivity index (χ3n) is 8.58. The van der Waals surface area contributed by atoms with E-state index in [0.29, 0.717) is 33.2 Å². The van der Waals surface area contributed by atoms with Crippen LogP contribution in [-0.4, -0.2) is 41.5 Å². The largest absolute Gasteiger partial charge is 0.530 e. The number of phenolic OH excluding ortho intramolecular Hbond substituents is 1. The van der Waals surface area contributed by atoms with E-state index in [1.807, 2.05) is 60.7 Å². The van der Waals surface area contributed by atoms with Gasteiger partial charge in [-0.1, -0.05) is 72.8 Å². The maximum absolute atomic E-state index is 14.1. The number of ether oxygens (including phenoxy) is 1. The number of phosphoric ester groups is 1. The first-order valence-electron chi connectivity index (χ1n) is 15.7. The second-order valence-corrected chi connectivity index (χ2v) is 13.7. The second kappa shape index (κ2) is 13.7. The minimum Gasteiger partial charge on any atom is -0.506 e. The van der Waals surface area contributed by atoms with E-state index >= 15 is 0 Å². The number of rotatable bonds is 11. The minimum atomic E-state index is -4.25. The number of phosphoric acid groups is 1. The summed E-state index contributed by atoms with van der Waals surface area (Å²) in [5.41, 5.74) is 3.84. The van der Waals surface area contributed by atoms with Gasteiger partial charge in [0.2, 0.25) is 0 Å². The van der Waals surface area contributed by atoms with Crippen molar-refractivity contribution in [3.05, 3.63) is 125 Å². The summed E-state index contributed by atoms with van der Waals surface area (Å²) in [4.78, 5) is 31.5. The number of alkyl halides is 1. The maximum atomic E-state index is 14.1. The van der Waals surface area contributed by atoms with Crippen molar-refractivity contribution in [2.75, 3.05) is 24.4 Å². The number of esters is 1. The number of para-hydroxylation sites is 1. The molecule has 1 aliphatic rings. The molecule has 0 fully saturated rings. The Morgan fingerprint density at radius 1 is 0.980 bits per heavy atom. The first kappa shape index (κ1) is 33.4. The highest BCUT2D eigenvalue weighted by Gasteiger charge is 2.39. The summed E-state index contributed by atoms with van der Waals surface area (Å²) >= 11 is 6.42. The number of aromatic amines is 1. The van der Waals surface area contributed by atoms with E-state index in [9.17, 15) is 19.3 Å². The van der Waals surface area contributed by atoms with E-state index in [1.165, 1.54) is 18.1 Å². The SMILES string of the molecule is COC(=O)c1c(C)[nH]c2c(O)cc3c(c12)[C@H](CCl)CN3C(=O)c1cc2cccc(OP(=O)(OCc3ccccc3)OCc3ccccc3)c2o1. The molecule has 6 aromatic rings. The average molecular weight is 715 g/mol. The van der Waals surface area contributed by atoms with E-state index in [0.717, 1.165) is 11.1 Å². The predicted octanol–water partition coefficient (Wildman–Crippen LogP) is 8.62. The Bertz CT molecular complexity index is 2220. The number of carbonyl (C=O) groups is 2. The molecule has 1 amide bonds. The van der Waals surface area contributed by atoms with Crippen molar-refractivity contribution in [3.63, 3.8) is 0 Å². The van der Waals surface area contributed by atoms with Gasteiger partial charge in [-0.2, -0.15) is 0 Å². The summed E-state index contributed by atoms with van der Waals surface area (Å²) < 4.78 is 42.8. The molecule has 0 bridgehead atoms. The fourth-order valence-corrected chi connectivity index (χ4v) is 7.66. The van der Waals surface area contributed by atoms with Gasteiger partial charge in [0.1, 0.15) is 5.75 Å². The number of nitrogens with zero attached hydrogens (tertiary/aromatic N) is 1. The fourth-order valence-electron chi connectivity index (χ4n) is 6.23. The number of carbonyl (C=O) groups excluding carboxylic acids is 2. The van der Waals surface area contributed by atoms with Gasteiger partial charge in [0, 0.05) is 40.9 Å². The monoisotopic (exact) mass is 714 g/mol. The number of hydrogen-bond donors (Lipinski definition) is 2. The molecule has 11 nitrogen and oxygen atoms in total. The molecule has 2 aromatic heterocycles. The van der Waals surface area contributed by atoms with Crippen LogP contribution >= 0.6 is 19.4 Å². The number of methoxy groups -OCH3 is 1. The Balaban J connectivity index is 1.22. The minimum absolute atomic E-state index is 0.0412. The van der Waals surface area contributed by atoms with Crippen molar-refractivity contribution in [1.82, 2.24) is 4.98 Å². The van der Waals surface area contributed by atoms with Gasteiger partial charge in [-0.25, -0.2) is 9.36 Å². The number of nitrogens with one attached hydrogen (secondary N) is 1. The van der Waals surface area contributed by atoms with Crippen LogP contribution in [0.3, 0.4) is 0 Å². The highest BCUT2D eigenvalue weighted by atomic mass is 35.5. The third-order valence-corrected chi connectivity index (χ3v) is 10.3. The first-order chi connectivity index (χ1) is 24.2. The molecule has 7 rings (SSSR count). The summed E-state index contributed by atoms with van der Waals surface area (Å²) in [6.07, 6.45) is 0. The van der Waals surface area contributed by atoms with Gasteiger partial charge in [0.15, 0.2) is 17.1 Å². The predicted molar refractivity (Wildman–Crippen MR) is 188 cm³/mol. The Labute approximate surface area is 291 Å². The molecule has 0 spiro atoms. The van der Waals surface area contributed by atoms with Crippen molar-refractivity contribution >= 4 is 58.9 Å². The Hall–Kier alpha value is -5.06. The van der Waals surface area contributed by atoms with Crippen molar-refractivity contribution < 1.29 is 42.0 Å². The molecule has 0 unspecified atom stereocenters. The number of aryl methyl sites for hydroxylation is 1. The lowest BCUT2D eigenvalue weighted by Gasteiger charge is -2.19. The Kier molecular flexibility index (Phi) is 9.15. The summed E-state index contributed by atoms with van der Waals surface area (Å²) in [7, 11) is -2.97. The molecule has 0 radical (unpaired) electrons. The molecule has 0 saturated carbocycles. The number of aromatic nitrogens is 1. The summed E-state index contributed by atoms with van der Waals surface area (Å²) in [5, 5.41) is 12.0. The van der Waals surface area contributed by atoms with Gasteiger partial charge in [-0.15, -0.1) is 11.6 Å². The van der Waals surface area contributed by atoms with E-state index < -0.39 is 19.7 Å². The molecule has 13 heteroatoms. The van der Waals surface area contributed by atoms with Crippen LogP contribution in [0.15, 0.2) is 95.4 Å². The molecule has 256 valence electrons. The van der Waals surface area contributed by atoms with Crippen molar-refractivity contribution in [1.29, 1.82) is 0 Å². The lowest BCUT2D eigenvalue weighted by Crippen LogP contribution is -2.29. The van der Waals surface area contributed by atoms with E-state index in [1.54, 1.807) is 31.2 Å². The maximum Gasteiger partial charge on any atom is 0.530 e. The van der Waals surface area contributed by atoms with Crippen LogP contribution in [0.1, 0.15) is 49.2 Å². The summed E-state index contributed by atoms with van der Waals surface area (Å²) in [6.45, 7) is 1.79. The number of benzene rings is 4. The zero-order chi connectivity index (χ0) is 35.0. The van der Waals surface area contributed by atoms with Crippen LogP contribution in [0.25, 0.3) is 21.9 Å². The number of phenols is 1. The topological polar surface area (TPSA) is 141 Å². The third kappa shape index (κ3) is 6.25. The second-order valence-electron chi connectivity index (χ2n) is 11.8. The Morgan fingerprint density at radius 2 is 1.64 bits per heavy atom. The number of amides is 1. The molecule has 1 atom stereocenters. The van der Waals surface area contributed by atoms with Gasteiger partial charge < -0.3 is 28.7 Å². The number of halogens is 1. The zero-order valence-corrected chi connectivity index (χ0v) is 28.7. The number of H-pyrrole nitrogens is 1. The van der Waals surface area contributed by atoms with Crippen molar-refractivity contribution in [2.24, 2.45) is 0 Å². The van der Waals surface area contributed by atoms with Gasteiger partial charge in [-0.3, -0.25) is 13.8 Å². The number of anilines is 1. The van der Waals surface area contributed by atoms with Crippen LogP contribution < -0.4 is 9.42 Å². The summed E-state index contributed by atoms with van der Waals surface area (Å²) in [5.74, 6) is -1.46.